The second-order valence-corrected chi connectivity index (χ2v) is 4.46. The Kier molecular flexibility index (Phi) is 3.84. The van der Waals surface area contributed by atoms with E-state index >= 15 is 0 Å². The van der Waals surface area contributed by atoms with E-state index < -0.39 is 0 Å². The molecule has 0 saturated carbocycles. The van der Waals surface area contributed by atoms with Crippen LogP contribution in [0.5, 0.6) is 5.75 Å². The normalized spacial score (nSPS) is 21.4. The minimum absolute atomic E-state index is 0.163. The summed E-state index contributed by atoms with van der Waals surface area (Å²) < 4.78 is 18.7. The van der Waals surface area contributed by atoms with Gasteiger partial charge in [0.25, 0.3) is 0 Å². The number of likely N-dealkylation sites (N-methyl/N-ethyl adjacent to an activating group) is 1. The van der Waals surface area contributed by atoms with Crippen LogP contribution in [0.25, 0.3) is 0 Å². The molecule has 1 aromatic carbocycles. The van der Waals surface area contributed by atoms with Crippen molar-refractivity contribution in [3.63, 3.8) is 0 Å². The average Bonchev–Trinajstić information content (AvgIpc) is 2.33. The third kappa shape index (κ3) is 3.09. The van der Waals surface area contributed by atoms with Crippen molar-refractivity contribution in [2.75, 3.05) is 25.4 Å². The first-order chi connectivity index (χ1) is 8.19. The summed E-state index contributed by atoms with van der Waals surface area (Å²) in [6.45, 7) is 5.25. The molecule has 2 N–H and O–H groups in total. The number of ether oxygens (including phenoxy) is 1. The molecule has 1 aliphatic rings. The van der Waals surface area contributed by atoms with Crippen LogP contribution < -0.4 is 10.5 Å². The molecule has 0 spiro atoms. The summed E-state index contributed by atoms with van der Waals surface area (Å²) >= 11 is 0. The van der Waals surface area contributed by atoms with Crippen molar-refractivity contribution in [3.8, 4) is 5.75 Å². The van der Waals surface area contributed by atoms with Crippen LogP contribution in [0.4, 0.5) is 10.1 Å². The molecular weight excluding hydrogens is 219 g/mol. The molecule has 0 bridgehead atoms. The third-order valence-corrected chi connectivity index (χ3v) is 3.17. The van der Waals surface area contributed by atoms with E-state index in [1.165, 1.54) is 12.1 Å². The molecule has 0 amide bonds. The zero-order valence-electron chi connectivity index (χ0n) is 10.2. The second kappa shape index (κ2) is 5.36. The van der Waals surface area contributed by atoms with Crippen molar-refractivity contribution < 1.29 is 9.13 Å². The molecule has 1 heterocycles. The molecule has 0 aromatic heterocycles. The number of nitrogens with two attached hydrogens (primary N) is 1. The van der Waals surface area contributed by atoms with E-state index in [2.05, 4.69) is 11.8 Å². The summed E-state index contributed by atoms with van der Waals surface area (Å²) in [5.74, 6) is 0.267. The lowest BCUT2D eigenvalue weighted by molar-refractivity contribution is 0.0925. The fourth-order valence-electron chi connectivity index (χ4n) is 2.20. The predicted octanol–water partition coefficient (Wildman–Crippen LogP) is 2.27. The van der Waals surface area contributed by atoms with Crippen LogP contribution in [-0.4, -0.2) is 30.6 Å². The smallest absolute Gasteiger partial charge is 0.142 e. The SMILES string of the molecule is CCN1CCCC(Oc2ccc(F)cc2N)C1. The lowest BCUT2D eigenvalue weighted by Crippen LogP contribution is -2.40. The second-order valence-electron chi connectivity index (χ2n) is 4.46. The molecule has 1 atom stereocenters. The molecule has 1 aromatic rings. The number of benzene rings is 1. The third-order valence-electron chi connectivity index (χ3n) is 3.17. The van der Waals surface area contributed by atoms with E-state index in [9.17, 15) is 4.39 Å². The molecule has 94 valence electrons. The van der Waals surface area contributed by atoms with Crippen molar-refractivity contribution in [2.45, 2.75) is 25.9 Å². The molecule has 4 heteroatoms. The maximum Gasteiger partial charge on any atom is 0.142 e. The minimum atomic E-state index is -0.325. The van der Waals surface area contributed by atoms with Crippen LogP contribution in [-0.2, 0) is 0 Å². The van der Waals surface area contributed by atoms with E-state index in [-0.39, 0.29) is 11.9 Å². The van der Waals surface area contributed by atoms with Gasteiger partial charge in [-0.15, -0.1) is 0 Å². The van der Waals surface area contributed by atoms with Gasteiger partial charge in [0.15, 0.2) is 0 Å². The van der Waals surface area contributed by atoms with Gasteiger partial charge in [-0.25, -0.2) is 4.39 Å². The van der Waals surface area contributed by atoms with Crippen LogP contribution in [0.2, 0.25) is 0 Å². The van der Waals surface area contributed by atoms with Crippen molar-refractivity contribution in [1.29, 1.82) is 0 Å². The largest absolute Gasteiger partial charge is 0.487 e. The van der Waals surface area contributed by atoms with Gasteiger partial charge in [-0.1, -0.05) is 6.92 Å². The van der Waals surface area contributed by atoms with Crippen molar-refractivity contribution in [3.05, 3.63) is 24.0 Å². The monoisotopic (exact) mass is 238 g/mol. The highest BCUT2D eigenvalue weighted by Gasteiger charge is 2.20. The first kappa shape index (κ1) is 12.2. The highest BCUT2D eigenvalue weighted by Crippen LogP contribution is 2.25. The lowest BCUT2D eigenvalue weighted by Gasteiger charge is -2.32. The highest BCUT2D eigenvalue weighted by atomic mass is 19.1. The van der Waals surface area contributed by atoms with E-state index in [0.29, 0.717) is 11.4 Å². The van der Waals surface area contributed by atoms with E-state index in [1.807, 2.05) is 0 Å². The summed E-state index contributed by atoms with van der Waals surface area (Å²) in [6, 6.07) is 4.29. The number of nitrogens with zero attached hydrogens (tertiary/aromatic N) is 1. The number of likely N-dealkylation sites (tertiary alicyclic amines) is 1. The van der Waals surface area contributed by atoms with Crippen molar-refractivity contribution in [1.82, 2.24) is 4.90 Å². The Balaban J connectivity index is 2.00. The van der Waals surface area contributed by atoms with Gasteiger partial charge in [0.1, 0.15) is 17.7 Å². The Bertz CT molecular complexity index is 384. The van der Waals surface area contributed by atoms with Crippen LogP contribution in [0.15, 0.2) is 18.2 Å². The van der Waals surface area contributed by atoms with Gasteiger partial charge in [0, 0.05) is 12.6 Å². The number of hydrogen-bond donors (Lipinski definition) is 1. The Morgan fingerprint density at radius 2 is 2.35 bits per heavy atom. The number of rotatable bonds is 3. The minimum Gasteiger partial charge on any atom is -0.487 e. The maximum atomic E-state index is 12.9. The molecule has 0 radical (unpaired) electrons. The predicted molar refractivity (Wildman–Crippen MR) is 66.6 cm³/mol. The molecular formula is C13H19FN2O. The molecule has 0 aliphatic carbocycles. The molecule has 3 nitrogen and oxygen atoms in total. The van der Waals surface area contributed by atoms with Gasteiger partial charge in [-0.2, -0.15) is 0 Å². The van der Waals surface area contributed by atoms with Gasteiger partial charge in [-0.3, -0.25) is 4.90 Å². The first-order valence-corrected chi connectivity index (χ1v) is 6.13. The Morgan fingerprint density at radius 3 is 3.06 bits per heavy atom. The molecule has 1 saturated heterocycles. The zero-order chi connectivity index (χ0) is 12.3. The Labute approximate surface area is 101 Å². The topological polar surface area (TPSA) is 38.5 Å². The molecule has 1 aliphatic heterocycles. The zero-order valence-corrected chi connectivity index (χ0v) is 10.2. The van der Waals surface area contributed by atoms with Crippen LogP contribution in [0, 0.1) is 5.82 Å². The number of nitrogen functional groups attached to an aromatic ring is 1. The fraction of sp³-hybridized carbons (Fsp3) is 0.538. The first-order valence-electron chi connectivity index (χ1n) is 6.13. The van der Waals surface area contributed by atoms with Crippen molar-refractivity contribution in [2.24, 2.45) is 0 Å². The highest BCUT2D eigenvalue weighted by molar-refractivity contribution is 5.52. The maximum absolute atomic E-state index is 12.9. The molecule has 17 heavy (non-hydrogen) atoms. The standard InChI is InChI=1S/C13H19FN2O/c1-2-16-7-3-4-11(9-16)17-13-6-5-10(14)8-12(13)15/h5-6,8,11H,2-4,7,9,15H2,1H3. The molecule has 1 fully saturated rings. The summed E-state index contributed by atoms with van der Waals surface area (Å²) in [4.78, 5) is 2.36. The quantitative estimate of drug-likeness (QED) is 0.821. The molecule has 2 rings (SSSR count). The van der Waals surface area contributed by atoms with Crippen LogP contribution in [0.1, 0.15) is 19.8 Å². The van der Waals surface area contributed by atoms with Gasteiger partial charge in [0.05, 0.1) is 5.69 Å². The summed E-state index contributed by atoms with van der Waals surface area (Å²) in [7, 11) is 0. The van der Waals surface area contributed by atoms with Crippen LogP contribution >= 0.6 is 0 Å². The van der Waals surface area contributed by atoms with Gasteiger partial charge < -0.3 is 10.5 Å². The summed E-state index contributed by atoms with van der Waals surface area (Å²) in [6.07, 6.45) is 2.34. The van der Waals surface area contributed by atoms with E-state index in [1.54, 1.807) is 6.07 Å². The summed E-state index contributed by atoms with van der Waals surface area (Å²) in [5, 5.41) is 0. The number of piperidine rings is 1. The Morgan fingerprint density at radius 1 is 1.53 bits per heavy atom. The number of hydrogen-bond acceptors (Lipinski definition) is 3. The Hall–Kier alpha value is -1.29. The number of anilines is 1. The van der Waals surface area contributed by atoms with Gasteiger partial charge in [-0.05, 0) is 38.1 Å². The average molecular weight is 238 g/mol. The fourth-order valence-corrected chi connectivity index (χ4v) is 2.20. The summed E-state index contributed by atoms with van der Waals surface area (Å²) in [5.41, 5.74) is 6.10. The van der Waals surface area contributed by atoms with E-state index in [0.717, 1.165) is 32.5 Å². The molecule has 1 unspecified atom stereocenters. The van der Waals surface area contributed by atoms with Gasteiger partial charge in [0.2, 0.25) is 0 Å². The number of halogens is 1. The van der Waals surface area contributed by atoms with Crippen LogP contribution in [0.3, 0.4) is 0 Å². The van der Waals surface area contributed by atoms with Crippen molar-refractivity contribution >= 4 is 5.69 Å². The van der Waals surface area contributed by atoms with E-state index in [4.69, 9.17) is 10.5 Å². The lowest BCUT2D eigenvalue weighted by atomic mass is 10.1. The van der Waals surface area contributed by atoms with Gasteiger partial charge >= 0.3 is 0 Å².